The molecule has 0 bridgehead atoms. The van der Waals surface area contributed by atoms with Crippen molar-refractivity contribution in [2.75, 3.05) is 26.3 Å². The lowest BCUT2D eigenvalue weighted by atomic mass is 10.2. The summed E-state index contributed by atoms with van der Waals surface area (Å²) in [6.07, 6.45) is 7.05. The van der Waals surface area contributed by atoms with Crippen molar-refractivity contribution in [1.82, 2.24) is 14.7 Å². The van der Waals surface area contributed by atoms with Crippen LogP contribution < -0.4 is 4.74 Å². The van der Waals surface area contributed by atoms with Gasteiger partial charge in [-0.25, -0.2) is 4.68 Å². The summed E-state index contributed by atoms with van der Waals surface area (Å²) in [6.45, 7) is 4.36. The quantitative estimate of drug-likeness (QED) is 0.297. The van der Waals surface area contributed by atoms with Gasteiger partial charge in [-0.2, -0.15) is 5.10 Å². The number of hydrogen-bond acceptors (Lipinski definition) is 5. The fourth-order valence-electron chi connectivity index (χ4n) is 3.91. The van der Waals surface area contributed by atoms with Gasteiger partial charge in [0.1, 0.15) is 12.4 Å². The first-order chi connectivity index (χ1) is 16.5. The van der Waals surface area contributed by atoms with E-state index >= 15 is 0 Å². The number of para-hydroxylation sites is 1. The molecular weight excluding hydrogens is 450 g/mol. The van der Waals surface area contributed by atoms with E-state index < -0.39 is 6.10 Å². The molecule has 1 aromatic heterocycles. The first kappa shape index (κ1) is 24.3. The normalized spacial score (nSPS) is 14.2. The van der Waals surface area contributed by atoms with Crippen LogP contribution in [0, 0.1) is 25.2 Å². The third kappa shape index (κ3) is 6.62. The molecule has 1 heterocycles. The van der Waals surface area contributed by atoms with Gasteiger partial charge in [-0.3, -0.25) is 4.90 Å². The summed E-state index contributed by atoms with van der Waals surface area (Å²) >= 11 is 6.27. The average molecular weight is 480 g/mol. The van der Waals surface area contributed by atoms with Crippen LogP contribution in [-0.4, -0.2) is 52.2 Å². The van der Waals surface area contributed by atoms with E-state index in [-0.39, 0.29) is 13.2 Å². The Hall–Kier alpha value is -2.82. The molecule has 0 amide bonds. The first-order valence-electron chi connectivity index (χ1n) is 11.5. The third-order valence-electron chi connectivity index (χ3n) is 5.71. The lowest BCUT2D eigenvalue weighted by Crippen LogP contribution is -2.36. The van der Waals surface area contributed by atoms with Crippen molar-refractivity contribution in [1.29, 1.82) is 0 Å². The molecule has 1 fully saturated rings. The summed E-state index contributed by atoms with van der Waals surface area (Å²) < 4.78 is 13.5. The number of aliphatic hydroxyl groups is 1. The number of nitrogens with zero attached hydrogens (tertiary/aromatic N) is 3. The minimum atomic E-state index is -0.631. The number of aliphatic hydroxyl groups excluding tert-OH is 1. The van der Waals surface area contributed by atoms with E-state index in [1.54, 1.807) is 4.68 Å². The number of ether oxygens (including phenoxy) is 2. The van der Waals surface area contributed by atoms with Crippen molar-refractivity contribution in [2.24, 2.45) is 5.92 Å². The summed E-state index contributed by atoms with van der Waals surface area (Å²) in [5.74, 6) is 4.46. The van der Waals surface area contributed by atoms with E-state index in [0.717, 1.165) is 29.2 Å². The fourth-order valence-corrected chi connectivity index (χ4v) is 4.09. The van der Waals surface area contributed by atoms with Crippen LogP contribution in [0.3, 0.4) is 0 Å². The SMILES string of the molecule is C#CCOCC(O)CN(Cc1c(C)nn(-c2cccc(Cl)c2)c1Oc1ccccc1)CC1CC1. The summed E-state index contributed by atoms with van der Waals surface area (Å²) in [6, 6.07) is 17.2. The molecular formula is C27H30ClN3O3. The van der Waals surface area contributed by atoms with Crippen molar-refractivity contribution in [3.63, 3.8) is 0 Å². The second-order valence-electron chi connectivity index (χ2n) is 8.69. The Kier molecular flexibility index (Phi) is 8.25. The molecule has 0 saturated heterocycles. The Balaban J connectivity index is 1.63. The maximum atomic E-state index is 10.5. The van der Waals surface area contributed by atoms with Crippen LogP contribution in [0.2, 0.25) is 5.02 Å². The van der Waals surface area contributed by atoms with E-state index in [2.05, 4.69) is 10.8 Å². The Morgan fingerprint density at radius 3 is 2.74 bits per heavy atom. The highest BCUT2D eigenvalue weighted by molar-refractivity contribution is 6.30. The van der Waals surface area contributed by atoms with Gasteiger partial charge >= 0.3 is 0 Å². The number of rotatable bonds is 12. The van der Waals surface area contributed by atoms with Crippen LogP contribution in [0.15, 0.2) is 54.6 Å². The molecule has 6 nitrogen and oxygen atoms in total. The molecule has 1 saturated carbocycles. The largest absolute Gasteiger partial charge is 0.439 e. The van der Waals surface area contributed by atoms with Crippen molar-refractivity contribution in [2.45, 2.75) is 32.4 Å². The van der Waals surface area contributed by atoms with Gasteiger partial charge in [-0.05, 0) is 56.0 Å². The lowest BCUT2D eigenvalue weighted by molar-refractivity contribution is 0.0250. The molecule has 3 aromatic rings. The second-order valence-corrected chi connectivity index (χ2v) is 9.12. The van der Waals surface area contributed by atoms with Gasteiger partial charge in [0, 0.05) is 24.7 Å². The van der Waals surface area contributed by atoms with E-state index in [1.807, 2.05) is 61.5 Å². The number of benzene rings is 2. The predicted octanol–water partition coefficient (Wildman–Crippen LogP) is 4.85. The summed E-state index contributed by atoms with van der Waals surface area (Å²) in [4.78, 5) is 2.26. The highest BCUT2D eigenvalue weighted by Crippen LogP contribution is 2.34. The zero-order valence-corrected chi connectivity index (χ0v) is 20.1. The molecule has 2 aromatic carbocycles. The van der Waals surface area contributed by atoms with Gasteiger partial charge in [0.15, 0.2) is 0 Å². The average Bonchev–Trinajstić information content (AvgIpc) is 3.59. The van der Waals surface area contributed by atoms with Gasteiger partial charge in [0.05, 0.1) is 29.7 Å². The monoisotopic (exact) mass is 479 g/mol. The van der Waals surface area contributed by atoms with Crippen molar-refractivity contribution >= 4 is 11.6 Å². The minimum absolute atomic E-state index is 0.195. The molecule has 0 spiro atoms. The Labute approximate surface area is 206 Å². The molecule has 1 aliphatic carbocycles. The Morgan fingerprint density at radius 1 is 1.24 bits per heavy atom. The zero-order chi connectivity index (χ0) is 23.9. The molecule has 1 unspecified atom stereocenters. The maximum absolute atomic E-state index is 10.5. The van der Waals surface area contributed by atoms with Crippen molar-refractivity contribution in [3.8, 4) is 29.7 Å². The van der Waals surface area contributed by atoms with E-state index in [1.165, 1.54) is 12.8 Å². The van der Waals surface area contributed by atoms with Gasteiger partial charge in [0.2, 0.25) is 5.88 Å². The van der Waals surface area contributed by atoms with Crippen LogP contribution in [-0.2, 0) is 11.3 Å². The summed E-state index contributed by atoms with van der Waals surface area (Å²) in [5.41, 5.74) is 2.66. The number of aryl methyl sites for hydroxylation is 1. The summed E-state index contributed by atoms with van der Waals surface area (Å²) in [5, 5.41) is 16.0. The zero-order valence-electron chi connectivity index (χ0n) is 19.4. The van der Waals surface area contributed by atoms with Crippen LogP contribution in [0.1, 0.15) is 24.1 Å². The second kappa shape index (κ2) is 11.5. The Morgan fingerprint density at radius 2 is 2.03 bits per heavy atom. The van der Waals surface area contributed by atoms with Gasteiger partial charge in [-0.1, -0.05) is 41.8 Å². The molecule has 7 heteroatoms. The van der Waals surface area contributed by atoms with Crippen LogP contribution >= 0.6 is 11.6 Å². The highest BCUT2D eigenvalue weighted by atomic mass is 35.5. The predicted molar refractivity (Wildman–Crippen MR) is 133 cm³/mol. The van der Waals surface area contributed by atoms with Crippen LogP contribution in [0.4, 0.5) is 0 Å². The summed E-state index contributed by atoms with van der Waals surface area (Å²) in [7, 11) is 0. The highest BCUT2D eigenvalue weighted by Gasteiger charge is 2.28. The Bertz CT molecular complexity index is 1120. The smallest absolute Gasteiger partial charge is 0.227 e. The number of hydrogen-bond donors (Lipinski definition) is 1. The number of halogens is 1. The number of aromatic nitrogens is 2. The topological polar surface area (TPSA) is 59.8 Å². The first-order valence-corrected chi connectivity index (χ1v) is 11.9. The molecule has 1 N–H and O–H groups in total. The van der Waals surface area contributed by atoms with Crippen molar-refractivity contribution < 1.29 is 14.6 Å². The molecule has 0 radical (unpaired) electrons. The van der Waals surface area contributed by atoms with Crippen molar-refractivity contribution in [3.05, 3.63) is 70.9 Å². The molecule has 178 valence electrons. The van der Waals surface area contributed by atoms with Crippen LogP contribution in [0.25, 0.3) is 5.69 Å². The maximum Gasteiger partial charge on any atom is 0.227 e. The van der Waals surface area contributed by atoms with Gasteiger partial charge < -0.3 is 14.6 Å². The van der Waals surface area contributed by atoms with E-state index in [9.17, 15) is 5.11 Å². The molecule has 0 aliphatic heterocycles. The fraction of sp³-hybridized carbons (Fsp3) is 0.370. The molecule has 34 heavy (non-hydrogen) atoms. The van der Waals surface area contributed by atoms with E-state index in [0.29, 0.717) is 29.9 Å². The minimum Gasteiger partial charge on any atom is -0.439 e. The van der Waals surface area contributed by atoms with E-state index in [4.69, 9.17) is 32.6 Å². The lowest BCUT2D eigenvalue weighted by Gasteiger charge is -2.25. The van der Waals surface area contributed by atoms with Gasteiger partial charge in [-0.15, -0.1) is 6.42 Å². The number of terminal acetylenes is 1. The van der Waals surface area contributed by atoms with Crippen LogP contribution in [0.5, 0.6) is 11.6 Å². The standard InChI is InChI=1S/C27H30ClN3O3/c1-3-14-33-19-24(32)17-30(16-21-12-13-21)18-26-20(2)29-31(23-9-7-8-22(28)15-23)27(26)34-25-10-5-4-6-11-25/h1,4-11,15,21,24,32H,12-14,16-19H2,2H3. The third-order valence-corrected chi connectivity index (χ3v) is 5.94. The van der Waals surface area contributed by atoms with Gasteiger partial charge in [0.25, 0.3) is 0 Å². The molecule has 1 aliphatic rings. The molecule has 1 atom stereocenters. The molecule has 4 rings (SSSR count).